The Kier molecular flexibility index (Phi) is 4.33. The lowest BCUT2D eigenvalue weighted by Gasteiger charge is -2.08. The minimum atomic E-state index is -0.0845. The van der Waals surface area contributed by atoms with E-state index in [0.29, 0.717) is 12.1 Å². The Morgan fingerprint density at radius 1 is 1.29 bits per heavy atom. The van der Waals surface area contributed by atoms with Gasteiger partial charge in [0.1, 0.15) is 0 Å². The van der Waals surface area contributed by atoms with Crippen molar-refractivity contribution in [2.24, 2.45) is 7.05 Å². The van der Waals surface area contributed by atoms with Crippen LogP contribution in [0, 0.1) is 20.8 Å². The molecule has 0 saturated carbocycles. The summed E-state index contributed by atoms with van der Waals surface area (Å²) in [6.45, 7) is 7.19. The average molecular weight is 326 g/mol. The number of hydrogen-bond acceptors (Lipinski definition) is 4. The minimum Gasteiger partial charge on any atom is -0.352 e. The highest BCUT2D eigenvalue weighted by molar-refractivity contribution is 6.06. The monoisotopic (exact) mass is 326 g/mol. The van der Waals surface area contributed by atoms with E-state index in [-0.39, 0.29) is 5.91 Å². The van der Waals surface area contributed by atoms with Crippen LogP contribution >= 0.6 is 0 Å². The first-order chi connectivity index (χ1) is 11.5. The van der Waals surface area contributed by atoms with Gasteiger partial charge in [-0.1, -0.05) is 0 Å². The van der Waals surface area contributed by atoms with Crippen LogP contribution in [0.3, 0.4) is 0 Å². The van der Waals surface area contributed by atoms with Gasteiger partial charge in [0.15, 0.2) is 5.65 Å². The highest BCUT2D eigenvalue weighted by Gasteiger charge is 2.17. The fourth-order valence-corrected chi connectivity index (χ4v) is 2.91. The number of amides is 1. The van der Waals surface area contributed by atoms with E-state index in [2.05, 4.69) is 20.5 Å². The molecule has 3 heterocycles. The largest absolute Gasteiger partial charge is 0.352 e. The lowest BCUT2D eigenvalue weighted by molar-refractivity contribution is 0.0954. The summed E-state index contributed by atoms with van der Waals surface area (Å²) < 4.78 is 3.65. The maximum atomic E-state index is 12.6. The number of pyridine rings is 1. The molecule has 0 aromatic carbocycles. The number of rotatable bonds is 5. The zero-order valence-corrected chi connectivity index (χ0v) is 14.5. The molecule has 7 heteroatoms. The first-order valence-corrected chi connectivity index (χ1v) is 8.05. The van der Waals surface area contributed by atoms with Crippen molar-refractivity contribution in [3.05, 3.63) is 41.0 Å². The van der Waals surface area contributed by atoms with Gasteiger partial charge in [-0.05, 0) is 39.3 Å². The minimum absolute atomic E-state index is 0.0845. The normalized spacial score (nSPS) is 11.2. The molecule has 1 amide bonds. The lowest BCUT2D eigenvalue weighted by atomic mass is 10.1. The molecule has 0 spiro atoms. The third kappa shape index (κ3) is 3.02. The van der Waals surface area contributed by atoms with Crippen molar-refractivity contribution >= 4 is 16.9 Å². The Labute approximate surface area is 140 Å². The summed E-state index contributed by atoms with van der Waals surface area (Å²) in [4.78, 5) is 17.1. The van der Waals surface area contributed by atoms with E-state index in [1.54, 1.807) is 10.9 Å². The molecule has 0 fully saturated rings. The standard InChI is InChI=1S/C17H22N6O/c1-11-10-14(15-13(3)21-22(4)16(15)20-11)17(24)18-7-5-9-23-12(2)6-8-19-23/h6,8,10H,5,7,9H2,1-4H3,(H,18,24). The molecule has 3 aromatic heterocycles. The van der Waals surface area contributed by atoms with Gasteiger partial charge in [0.25, 0.3) is 5.91 Å². The Balaban J connectivity index is 1.71. The first-order valence-electron chi connectivity index (χ1n) is 8.05. The topological polar surface area (TPSA) is 77.6 Å². The van der Waals surface area contributed by atoms with Crippen molar-refractivity contribution in [1.29, 1.82) is 0 Å². The fraction of sp³-hybridized carbons (Fsp3) is 0.412. The molecular weight excluding hydrogens is 304 g/mol. The third-order valence-corrected chi connectivity index (χ3v) is 4.10. The van der Waals surface area contributed by atoms with Crippen molar-refractivity contribution in [3.8, 4) is 0 Å². The average Bonchev–Trinajstić information content (AvgIpc) is 3.06. The predicted octanol–water partition coefficient (Wildman–Crippen LogP) is 1.91. The zero-order valence-electron chi connectivity index (χ0n) is 14.5. The summed E-state index contributed by atoms with van der Waals surface area (Å²) in [7, 11) is 1.84. The van der Waals surface area contributed by atoms with Crippen molar-refractivity contribution in [2.45, 2.75) is 33.7 Å². The molecule has 0 radical (unpaired) electrons. The highest BCUT2D eigenvalue weighted by atomic mass is 16.1. The van der Waals surface area contributed by atoms with Crippen LogP contribution in [0.15, 0.2) is 18.3 Å². The maximum Gasteiger partial charge on any atom is 0.252 e. The molecule has 24 heavy (non-hydrogen) atoms. The van der Waals surface area contributed by atoms with E-state index in [4.69, 9.17) is 0 Å². The van der Waals surface area contributed by atoms with Crippen LogP contribution in [0.5, 0.6) is 0 Å². The van der Waals surface area contributed by atoms with E-state index in [9.17, 15) is 4.79 Å². The van der Waals surface area contributed by atoms with Crippen molar-refractivity contribution in [3.63, 3.8) is 0 Å². The number of hydrogen-bond donors (Lipinski definition) is 1. The van der Waals surface area contributed by atoms with Gasteiger partial charge in [-0.2, -0.15) is 10.2 Å². The first kappa shape index (κ1) is 16.2. The number of fused-ring (bicyclic) bond motifs is 1. The summed E-state index contributed by atoms with van der Waals surface area (Å²) in [5, 5.41) is 12.4. The molecule has 0 bridgehead atoms. The lowest BCUT2D eigenvalue weighted by Crippen LogP contribution is -2.26. The molecule has 7 nitrogen and oxygen atoms in total. The molecule has 0 atom stereocenters. The molecule has 0 unspecified atom stereocenters. The molecule has 126 valence electrons. The van der Waals surface area contributed by atoms with Crippen LogP contribution in [-0.2, 0) is 13.6 Å². The van der Waals surface area contributed by atoms with Crippen molar-refractivity contribution < 1.29 is 4.79 Å². The van der Waals surface area contributed by atoms with E-state index < -0.39 is 0 Å². The molecule has 0 aliphatic rings. The van der Waals surface area contributed by atoms with Gasteiger partial charge >= 0.3 is 0 Å². The summed E-state index contributed by atoms with van der Waals surface area (Å²) in [6.07, 6.45) is 2.61. The predicted molar refractivity (Wildman–Crippen MR) is 91.9 cm³/mol. The van der Waals surface area contributed by atoms with E-state index in [0.717, 1.165) is 41.1 Å². The SMILES string of the molecule is Cc1cc(C(=O)NCCCn2nccc2C)c2c(C)nn(C)c2n1. The smallest absolute Gasteiger partial charge is 0.252 e. The van der Waals surface area contributed by atoms with E-state index in [1.165, 1.54) is 0 Å². The molecule has 1 N–H and O–H groups in total. The molecule has 0 saturated heterocycles. The van der Waals surface area contributed by atoms with Gasteiger partial charge in [0.05, 0.1) is 16.6 Å². The van der Waals surface area contributed by atoms with Crippen LogP contribution in [-0.4, -0.2) is 37.0 Å². The van der Waals surface area contributed by atoms with Gasteiger partial charge in [0.2, 0.25) is 0 Å². The quantitative estimate of drug-likeness (QED) is 0.727. The third-order valence-electron chi connectivity index (χ3n) is 4.10. The van der Waals surface area contributed by atoms with Crippen LogP contribution in [0.2, 0.25) is 0 Å². The van der Waals surface area contributed by atoms with Crippen molar-refractivity contribution in [1.82, 2.24) is 29.9 Å². The molecule has 3 aromatic rings. The number of nitrogens with one attached hydrogen (secondary N) is 1. The summed E-state index contributed by atoms with van der Waals surface area (Å²) in [5.41, 5.74) is 4.13. The number of nitrogens with zero attached hydrogens (tertiary/aromatic N) is 5. The van der Waals surface area contributed by atoms with Gasteiger partial charge in [-0.25, -0.2) is 4.98 Å². The number of aromatic nitrogens is 5. The van der Waals surface area contributed by atoms with Crippen LogP contribution in [0.1, 0.15) is 33.9 Å². The van der Waals surface area contributed by atoms with Crippen molar-refractivity contribution in [2.75, 3.05) is 6.54 Å². The number of carbonyl (C=O) groups excluding carboxylic acids is 1. The number of carbonyl (C=O) groups is 1. The maximum absolute atomic E-state index is 12.6. The molecule has 0 aliphatic carbocycles. The second kappa shape index (κ2) is 6.43. The van der Waals surface area contributed by atoms with Crippen LogP contribution in [0.4, 0.5) is 0 Å². The van der Waals surface area contributed by atoms with Gasteiger partial charge in [0, 0.05) is 37.7 Å². The summed E-state index contributed by atoms with van der Waals surface area (Å²) in [5.74, 6) is -0.0845. The zero-order chi connectivity index (χ0) is 17.3. The van der Waals surface area contributed by atoms with Gasteiger partial charge in [-0.15, -0.1) is 0 Å². The van der Waals surface area contributed by atoms with Gasteiger partial charge < -0.3 is 5.32 Å². The second-order valence-electron chi connectivity index (χ2n) is 6.02. The van der Waals surface area contributed by atoms with E-state index >= 15 is 0 Å². The Bertz CT molecular complexity index is 892. The summed E-state index contributed by atoms with van der Waals surface area (Å²) in [6, 6.07) is 3.80. The van der Waals surface area contributed by atoms with E-state index in [1.807, 2.05) is 44.6 Å². The van der Waals surface area contributed by atoms with Crippen LogP contribution < -0.4 is 5.32 Å². The van der Waals surface area contributed by atoms with Gasteiger partial charge in [-0.3, -0.25) is 14.2 Å². The Morgan fingerprint density at radius 3 is 2.79 bits per heavy atom. The summed E-state index contributed by atoms with van der Waals surface area (Å²) >= 11 is 0. The molecule has 3 rings (SSSR count). The Hall–Kier alpha value is -2.70. The Morgan fingerprint density at radius 2 is 2.08 bits per heavy atom. The molecular formula is C17H22N6O. The second-order valence-corrected chi connectivity index (χ2v) is 6.02. The highest BCUT2D eigenvalue weighted by Crippen LogP contribution is 2.21. The fourth-order valence-electron chi connectivity index (χ4n) is 2.91. The van der Waals surface area contributed by atoms with Crippen LogP contribution in [0.25, 0.3) is 11.0 Å². The number of aryl methyl sites for hydroxylation is 5. The molecule has 0 aliphatic heterocycles.